The summed E-state index contributed by atoms with van der Waals surface area (Å²) < 4.78 is 4.82. The van der Waals surface area contributed by atoms with E-state index in [0.717, 1.165) is 33.5 Å². The first-order valence-corrected chi connectivity index (χ1v) is 15.7. The van der Waals surface area contributed by atoms with Crippen molar-refractivity contribution in [2.75, 3.05) is 0 Å². The maximum absolute atomic E-state index is 5.35. The van der Waals surface area contributed by atoms with E-state index in [9.17, 15) is 0 Å². The van der Waals surface area contributed by atoms with E-state index in [-0.39, 0.29) is 0 Å². The Balaban J connectivity index is 1.37. The lowest BCUT2D eigenvalue weighted by molar-refractivity contribution is 1.13. The molecule has 3 heterocycles. The van der Waals surface area contributed by atoms with E-state index >= 15 is 0 Å². The van der Waals surface area contributed by atoms with Gasteiger partial charge in [0, 0.05) is 49.3 Å². The molecule has 0 fully saturated rings. The second kappa shape index (κ2) is 9.65. The number of fused-ring (bicyclic) bond motifs is 9. The van der Waals surface area contributed by atoms with Crippen LogP contribution < -0.4 is 0 Å². The van der Waals surface area contributed by atoms with Crippen LogP contribution in [0.5, 0.6) is 0 Å². The van der Waals surface area contributed by atoms with Gasteiger partial charge in [-0.15, -0.1) is 0 Å². The summed E-state index contributed by atoms with van der Waals surface area (Å²) in [5.74, 6) is 0. The van der Waals surface area contributed by atoms with Crippen LogP contribution >= 0.6 is 0 Å². The summed E-state index contributed by atoms with van der Waals surface area (Å²) in [5, 5.41) is 8.51. The Hall–Kier alpha value is -6.19. The molecule has 3 aromatic heterocycles. The number of pyridine rings is 1. The molecule has 0 aliphatic heterocycles. The Morgan fingerprint density at radius 3 is 1.17 bits per heavy atom. The van der Waals surface area contributed by atoms with Gasteiger partial charge >= 0.3 is 0 Å². The topological polar surface area (TPSA) is 22.8 Å². The van der Waals surface area contributed by atoms with Crippen molar-refractivity contribution in [3.63, 3.8) is 0 Å². The number of aromatic nitrogens is 3. The molecule has 0 aliphatic carbocycles. The van der Waals surface area contributed by atoms with Crippen molar-refractivity contribution in [1.82, 2.24) is 14.1 Å². The van der Waals surface area contributed by atoms with Gasteiger partial charge in [0.15, 0.2) is 0 Å². The van der Waals surface area contributed by atoms with Gasteiger partial charge in [0.2, 0.25) is 0 Å². The second-order valence-electron chi connectivity index (χ2n) is 12.0. The number of benzene rings is 7. The summed E-state index contributed by atoms with van der Waals surface area (Å²) in [7, 11) is 0. The first kappa shape index (κ1) is 25.2. The Labute approximate surface area is 265 Å². The Kier molecular flexibility index (Phi) is 5.28. The molecule has 0 atom stereocenters. The van der Waals surface area contributed by atoms with Crippen LogP contribution in [0.15, 0.2) is 164 Å². The Morgan fingerprint density at radius 2 is 0.696 bits per heavy atom. The third-order valence-electron chi connectivity index (χ3n) is 9.46. The monoisotopic (exact) mass is 585 g/mol. The molecule has 0 bridgehead atoms. The van der Waals surface area contributed by atoms with Crippen LogP contribution in [0, 0.1) is 0 Å². The van der Waals surface area contributed by atoms with Crippen molar-refractivity contribution >= 4 is 65.3 Å². The molecule has 3 heteroatoms. The summed E-state index contributed by atoms with van der Waals surface area (Å²) in [6.45, 7) is 0. The van der Waals surface area contributed by atoms with Crippen molar-refractivity contribution in [2.24, 2.45) is 0 Å². The van der Waals surface area contributed by atoms with Crippen molar-refractivity contribution < 1.29 is 0 Å². The molecular formula is C43H27N3. The van der Waals surface area contributed by atoms with Crippen LogP contribution in [0.25, 0.3) is 87.9 Å². The first-order valence-electron chi connectivity index (χ1n) is 15.7. The molecule has 10 aromatic rings. The van der Waals surface area contributed by atoms with Gasteiger partial charge in [-0.2, -0.15) is 0 Å². The van der Waals surface area contributed by atoms with Crippen LogP contribution in [0.4, 0.5) is 0 Å². The van der Waals surface area contributed by atoms with E-state index in [1.54, 1.807) is 0 Å². The smallest absolute Gasteiger partial charge is 0.0789 e. The van der Waals surface area contributed by atoms with Crippen LogP contribution in [0.2, 0.25) is 0 Å². The van der Waals surface area contributed by atoms with E-state index in [4.69, 9.17) is 4.98 Å². The van der Waals surface area contributed by atoms with Crippen LogP contribution in [-0.2, 0) is 0 Å². The number of hydrogen-bond donors (Lipinski definition) is 0. The zero-order chi connectivity index (χ0) is 30.2. The lowest BCUT2D eigenvalue weighted by Gasteiger charge is -2.17. The van der Waals surface area contributed by atoms with Gasteiger partial charge in [0.25, 0.3) is 0 Å². The molecule has 0 spiro atoms. The fraction of sp³-hybridized carbons (Fsp3) is 0. The van der Waals surface area contributed by atoms with E-state index < -0.39 is 0 Å². The molecule has 7 aromatic carbocycles. The van der Waals surface area contributed by atoms with Gasteiger partial charge in [0.05, 0.1) is 33.3 Å². The first-order chi connectivity index (χ1) is 22.8. The molecule has 3 nitrogen and oxygen atoms in total. The molecule has 214 valence electrons. The summed E-state index contributed by atoms with van der Waals surface area (Å²) in [5.41, 5.74) is 10.0. The lowest BCUT2D eigenvalue weighted by Crippen LogP contribution is -2.01. The summed E-state index contributed by atoms with van der Waals surface area (Å²) in [6, 6.07) is 59.0. The Morgan fingerprint density at radius 1 is 0.326 bits per heavy atom. The molecule has 0 N–H and O–H groups in total. The fourth-order valence-corrected chi connectivity index (χ4v) is 7.52. The van der Waals surface area contributed by atoms with Crippen molar-refractivity contribution in [3.8, 4) is 22.6 Å². The molecule has 10 rings (SSSR count). The maximum Gasteiger partial charge on any atom is 0.0789 e. The molecule has 0 saturated carbocycles. The van der Waals surface area contributed by atoms with Crippen LogP contribution in [-0.4, -0.2) is 14.1 Å². The standard InChI is InChI=1S/C43H27N3/c1-2-19-37-31(13-1)32-14-3-8-20-38(32)44-43(37)28-25-29(45-39-21-9-4-15-33(39)34-16-5-10-22-40(34)45)27-30(26-28)46-41-23-11-6-17-35(41)36-18-7-12-24-42(36)46/h1-27H. The van der Waals surface area contributed by atoms with E-state index in [0.29, 0.717) is 0 Å². The highest BCUT2D eigenvalue weighted by Crippen LogP contribution is 2.39. The summed E-state index contributed by atoms with van der Waals surface area (Å²) in [6.07, 6.45) is 0. The molecule has 0 saturated heterocycles. The quantitative estimate of drug-likeness (QED) is 0.189. The zero-order valence-electron chi connectivity index (χ0n) is 24.9. The average molecular weight is 586 g/mol. The van der Waals surface area contributed by atoms with E-state index in [2.05, 4.69) is 173 Å². The molecule has 0 aliphatic rings. The number of para-hydroxylation sites is 5. The minimum absolute atomic E-state index is 0.985. The van der Waals surface area contributed by atoms with Gasteiger partial charge in [-0.1, -0.05) is 115 Å². The predicted octanol–water partition coefficient (Wildman–Crippen LogP) is 11.2. The predicted molar refractivity (Wildman–Crippen MR) is 193 cm³/mol. The SMILES string of the molecule is c1ccc2c(c1)nc(-c1cc(-n3c4ccccc4c4ccccc43)cc(-n3c4ccccc4c4ccccc43)c1)c1ccccc12. The zero-order valence-corrected chi connectivity index (χ0v) is 24.9. The fourth-order valence-electron chi connectivity index (χ4n) is 7.52. The largest absolute Gasteiger partial charge is 0.309 e. The molecular weight excluding hydrogens is 558 g/mol. The molecule has 0 radical (unpaired) electrons. The molecule has 0 amide bonds. The highest BCUT2D eigenvalue weighted by molar-refractivity contribution is 6.13. The van der Waals surface area contributed by atoms with Gasteiger partial charge in [-0.25, -0.2) is 4.98 Å². The van der Waals surface area contributed by atoms with Crippen molar-refractivity contribution in [2.45, 2.75) is 0 Å². The van der Waals surface area contributed by atoms with Crippen LogP contribution in [0.3, 0.4) is 0 Å². The van der Waals surface area contributed by atoms with Gasteiger partial charge in [0.1, 0.15) is 0 Å². The van der Waals surface area contributed by atoms with Crippen molar-refractivity contribution in [1.29, 1.82) is 0 Å². The maximum atomic E-state index is 5.35. The Bertz CT molecular complexity index is 2580. The second-order valence-corrected chi connectivity index (χ2v) is 12.0. The van der Waals surface area contributed by atoms with Gasteiger partial charge in [-0.05, 0) is 53.9 Å². The number of rotatable bonds is 3. The van der Waals surface area contributed by atoms with Gasteiger partial charge in [-0.3, -0.25) is 0 Å². The summed E-state index contributed by atoms with van der Waals surface area (Å²) >= 11 is 0. The lowest BCUT2D eigenvalue weighted by atomic mass is 9.99. The van der Waals surface area contributed by atoms with Gasteiger partial charge < -0.3 is 9.13 Å². The average Bonchev–Trinajstić information content (AvgIpc) is 3.64. The van der Waals surface area contributed by atoms with E-state index in [1.165, 1.54) is 54.4 Å². The molecule has 46 heavy (non-hydrogen) atoms. The normalized spacial score (nSPS) is 11.9. The third kappa shape index (κ3) is 3.57. The minimum Gasteiger partial charge on any atom is -0.309 e. The molecule has 0 unspecified atom stereocenters. The van der Waals surface area contributed by atoms with Crippen LogP contribution in [0.1, 0.15) is 0 Å². The summed E-state index contributed by atoms with van der Waals surface area (Å²) in [4.78, 5) is 5.35. The number of nitrogens with zero attached hydrogens (tertiary/aromatic N) is 3. The van der Waals surface area contributed by atoms with Crippen molar-refractivity contribution in [3.05, 3.63) is 164 Å². The number of hydrogen-bond acceptors (Lipinski definition) is 1. The third-order valence-corrected chi connectivity index (χ3v) is 9.46. The highest BCUT2D eigenvalue weighted by Gasteiger charge is 2.18. The highest BCUT2D eigenvalue weighted by atomic mass is 15.0. The minimum atomic E-state index is 0.985. The van der Waals surface area contributed by atoms with E-state index in [1.807, 2.05) is 0 Å².